The topological polar surface area (TPSA) is 3.24 Å². The van der Waals surface area contributed by atoms with Crippen LogP contribution in [0.2, 0.25) is 0 Å². The molecule has 19 heavy (non-hydrogen) atoms. The van der Waals surface area contributed by atoms with Crippen molar-refractivity contribution in [3.63, 3.8) is 0 Å². The van der Waals surface area contributed by atoms with Crippen molar-refractivity contribution < 1.29 is 0 Å². The largest absolute Gasteiger partial charge is 0.289 e. The molecule has 1 aliphatic heterocycles. The van der Waals surface area contributed by atoms with E-state index in [2.05, 4.69) is 54.3 Å². The minimum atomic E-state index is 0.705. The third-order valence-electron chi connectivity index (χ3n) is 4.75. The van der Waals surface area contributed by atoms with Gasteiger partial charge in [-0.3, -0.25) is 4.90 Å². The van der Waals surface area contributed by atoms with Gasteiger partial charge >= 0.3 is 0 Å². The number of fused-ring (bicyclic) bond motifs is 2. The fourth-order valence-corrected chi connectivity index (χ4v) is 3.74. The van der Waals surface area contributed by atoms with E-state index in [0.29, 0.717) is 6.04 Å². The van der Waals surface area contributed by atoms with E-state index in [-0.39, 0.29) is 0 Å². The fraction of sp³-hybridized carbons (Fsp3) is 0.556. The van der Waals surface area contributed by atoms with E-state index in [1.54, 1.807) is 0 Å². The molecule has 1 heteroatoms. The summed E-state index contributed by atoms with van der Waals surface area (Å²) in [5, 5.41) is 0. The van der Waals surface area contributed by atoms with E-state index in [0.717, 1.165) is 18.5 Å². The molecule has 3 unspecified atom stereocenters. The summed E-state index contributed by atoms with van der Waals surface area (Å²) < 4.78 is 0. The Kier molecular flexibility index (Phi) is 4.03. The molecule has 1 aromatic rings. The van der Waals surface area contributed by atoms with Gasteiger partial charge in [-0.25, -0.2) is 0 Å². The summed E-state index contributed by atoms with van der Waals surface area (Å²) in [6.45, 7) is 3.42. The van der Waals surface area contributed by atoms with Crippen molar-refractivity contribution in [3.05, 3.63) is 48.0 Å². The van der Waals surface area contributed by atoms with Crippen molar-refractivity contribution in [1.29, 1.82) is 0 Å². The summed E-state index contributed by atoms with van der Waals surface area (Å²) in [4.78, 5) is 2.75. The number of benzene rings is 1. The van der Waals surface area contributed by atoms with E-state index in [4.69, 9.17) is 0 Å². The number of rotatable bonds is 6. The minimum Gasteiger partial charge on any atom is -0.289 e. The predicted molar refractivity (Wildman–Crippen MR) is 81.0 cm³/mol. The second-order valence-corrected chi connectivity index (χ2v) is 6.07. The number of likely N-dealkylation sites (tertiary alicyclic amines) is 1. The molecular formula is C18H25N. The first kappa shape index (κ1) is 12.9. The van der Waals surface area contributed by atoms with Gasteiger partial charge in [0.25, 0.3) is 0 Å². The van der Waals surface area contributed by atoms with Gasteiger partial charge in [-0.05, 0) is 24.3 Å². The van der Waals surface area contributed by atoms with Gasteiger partial charge in [0.05, 0.1) is 0 Å². The molecule has 0 N–H and O–H groups in total. The van der Waals surface area contributed by atoms with Gasteiger partial charge in [0.15, 0.2) is 0 Å². The average Bonchev–Trinajstić information content (AvgIpc) is 3.03. The summed E-state index contributed by atoms with van der Waals surface area (Å²) in [5.41, 5.74) is 1.46. The number of hydrogen-bond acceptors (Lipinski definition) is 1. The molecule has 1 fully saturated rings. The van der Waals surface area contributed by atoms with E-state index in [1.165, 1.54) is 37.7 Å². The average molecular weight is 255 g/mol. The van der Waals surface area contributed by atoms with Crippen LogP contribution in [0.1, 0.15) is 44.6 Å². The number of nitrogens with zero attached hydrogens (tertiary/aromatic N) is 1. The quantitative estimate of drug-likeness (QED) is 0.538. The molecule has 3 atom stereocenters. The molecule has 2 aliphatic rings. The third-order valence-corrected chi connectivity index (χ3v) is 4.75. The van der Waals surface area contributed by atoms with E-state index in [1.807, 2.05) is 0 Å². The maximum Gasteiger partial charge on any atom is 0.0291 e. The lowest BCUT2D eigenvalue weighted by Crippen LogP contribution is -2.38. The fourth-order valence-electron chi connectivity index (χ4n) is 3.74. The lowest BCUT2D eigenvalue weighted by molar-refractivity contribution is 0.178. The second-order valence-electron chi connectivity index (χ2n) is 6.07. The molecule has 1 aliphatic carbocycles. The summed E-state index contributed by atoms with van der Waals surface area (Å²) in [5.74, 6) is 0.825. The van der Waals surface area contributed by atoms with Crippen molar-refractivity contribution in [2.24, 2.45) is 5.92 Å². The zero-order valence-corrected chi connectivity index (χ0v) is 12.0. The van der Waals surface area contributed by atoms with Crippen LogP contribution in [0.15, 0.2) is 42.5 Å². The Morgan fingerprint density at radius 3 is 2.74 bits per heavy atom. The number of hydrogen-bond donors (Lipinski definition) is 0. The van der Waals surface area contributed by atoms with E-state index in [9.17, 15) is 0 Å². The smallest absolute Gasteiger partial charge is 0.0291 e. The van der Waals surface area contributed by atoms with Crippen LogP contribution in [-0.4, -0.2) is 17.0 Å². The summed E-state index contributed by atoms with van der Waals surface area (Å²) in [6.07, 6.45) is 11.8. The Morgan fingerprint density at radius 1 is 1.11 bits per heavy atom. The van der Waals surface area contributed by atoms with Crippen LogP contribution in [0.5, 0.6) is 0 Å². The minimum absolute atomic E-state index is 0.705. The lowest BCUT2D eigenvalue weighted by Gasteiger charge is -2.32. The Hall–Kier alpha value is -1.08. The standard InChI is InChI=1S/C18H25N/c1-2-3-5-10-18-16-11-12-17(13-16)19(18)14-15-8-6-4-7-9-15/h4,6-9,11-12,16-18H,2-3,5,10,13-14H2,1H3. The van der Waals surface area contributed by atoms with E-state index >= 15 is 0 Å². The molecule has 1 nitrogen and oxygen atoms in total. The highest BCUT2D eigenvalue weighted by Crippen LogP contribution is 2.40. The first-order valence-corrected chi connectivity index (χ1v) is 7.86. The van der Waals surface area contributed by atoms with Crippen LogP contribution in [0.4, 0.5) is 0 Å². The van der Waals surface area contributed by atoms with Crippen LogP contribution >= 0.6 is 0 Å². The Morgan fingerprint density at radius 2 is 1.95 bits per heavy atom. The highest BCUT2D eigenvalue weighted by atomic mass is 15.2. The molecule has 3 rings (SSSR count). The SMILES string of the molecule is CCCCCC1C2C=CC(C2)N1Cc1ccccc1. The molecule has 2 bridgehead atoms. The maximum absolute atomic E-state index is 2.75. The molecule has 1 saturated heterocycles. The van der Waals surface area contributed by atoms with Gasteiger partial charge in [-0.15, -0.1) is 0 Å². The van der Waals surface area contributed by atoms with Crippen LogP contribution < -0.4 is 0 Å². The summed E-state index contributed by atoms with van der Waals surface area (Å²) >= 11 is 0. The summed E-state index contributed by atoms with van der Waals surface area (Å²) in [6, 6.07) is 12.5. The van der Waals surface area contributed by atoms with Crippen molar-refractivity contribution in [2.75, 3.05) is 0 Å². The van der Waals surface area contributed by atoms with Crippen LogP contribution in [-0.2, 0) is 6.54 Å². The van der Waals surface area contributed by atoms with Gasteiger partial charge in [0.1, 0.15) is 0 Å². The van der Waals surface area contributed by atoms with Crippen LogP contribution in [0.25, 0.3) is 0 Å². The molecule has 102 valence electrons. The Bertz CT molecular complexity index is 423. The van der Waals surface area contributed by atoms with Gasteiger partial charge in [-0.1, -0.05) is 68.7 Å². The highest BCUT2D eigenvalue weighted by Gasteiger charge is 2.41. The molecular weight excluding hydrogens is 230 g/mol. The van der Waals surface area contributed by atoms with Crippen molar-refractivity contribution in [2.45, 2.75) is 57.7 Å². The second kappa shape index (κ2) is 5.92. The van der Waals surface area contributed by atoms with Gasteiger partial charge in [0.2, 0.25) is 0 Å². The van der Waals surface area contributed by atoms with E-state index < -0.39 is 0 Å². The molecule has 0 aromatic heterocycles. The van der Waals surface area contributed by atoms with Gasteiger partial charge in [-0.2, -0.15) is 0 Å². The first-order chi connectivity index (χ1) is 9.38. The molecule has 1 heterocycles. The lowest BCUT2D eigenvalue weighted by atomic mass is 9.96. The zero-order valence-electron chi connectivity index (χ0n) is 12.0. The van der Waals surface area contributed by atoms with Crippen molar-refractivity contribution in [3.8, 4) is 0 Å². The molecule has 0 spiro atoms. The Labute approximate surface area is 117 Å². The monoisotopic (exact) mass is 255 g/mol. The number of unbranched alkanes of at least 4 members (excludes halogenated alkanes) is 2. The highest BCUT2D eigenvalue weighted by molar-refractivity contribution is 5.20. The van der Waals surface area contributed by atoms with Crippen LogP contribution in [0, 0.1) is 5.92 Å². The van der Waals surface area contributed by atoms with Gasteiger partial charge < -0.3 is 0 Å². The van der Waals surface area contributed by atoms with Crippen molar-refractivity contribution >= 4 is 0 Å². The van der Waals surface area contributed by atoms with Gasteiger partial charge in [0, 0.05) is 18.6 Å². The normalized spacial score (nSPS) is 29.2. The first-order valence-electron chi connectivity index (χ1n) is 7.86. The Balaban J connectivity index is 1.66. The predicted octanol–water partition coefficient (Wildman–Crippen LogP) is 4.40. The molecule has 0 amide bonds. The van der Waals surface area contributed by atoms with Crippen molar-refractivity contribution in [1.82, 2.24) is 4.90 Å². The zero-order chi connectivity index (χ0) is 13.1. The third kappa shape index (κ3) is 2.76. The molecule has 0 radical (unpaired) electrons. The summed E-state index contributed by atoms with van der Waals surface area (Å²) in [7, 11) is 0. The molecule has 0 saturated carbocycles. The van der Waals surface area contributed by atoms with Crippen LogP contribution in [0.3, 0.4) is 0 Å². The maximum atomic E-state index is 2.75. The molecule has 1 aromatic carbocycles.